The Bertz CT molecular complexity index is 1070. The minimum atomic E-state index is -0.495. The Morgan fingerprint density at radius 3 is 2.14 bits per heavy atom. The van der Waals surface area contributed by atoms with E-state index in [1.807, 2.05) is 24.3 Å². The zero-order chi connectivity index (χ0) is 20.2. The highest BCUT2D eigenvalue weighted by atomic mass is 35.5. The number of alkyl carbamates (subject to hydrolysis) is 1. The predicted molar refractivity (Wildman–Crippen MR) is 116 cm³/mol. The third kappa shape index (κ3) is 4.40. The number of amides is 1. The van der Waals surface area contributed by atoms with E-state index in [1.165, 1.54) is 22.3 Å². The molecule has 0 aliphatic heterocycles. The summed E-state index contributed by atoms with van der Waals surface area (Å²) < 4.78 is 5.47. The van der Waals surface area contributed by atoms with E-state index in [9.17, 15) is 4.79 Å². The fourth-order valence-corrected chi connectivity index (χ4v) is 4.06. The van der Waals surface area contributed by atoms with E-state index in [0.29, 0.717) is 15.6 Å². The maximum Gasteiger partial charge on any atom is 0.407 e. The summed E-state index contributed by atoms with van der Waals surface area (Å²) in [4.78, 5) is 12.1. The van der Waals surface area contributed by atoms with Crippen LogP contribution in [0.25, 0.3) is 11.1 Å². The van der Waals surface area contributed by atoms with Crippen LogP contribution in [0.15, 0.2) is 66.7 Å². The van der Waals surface area contributed by atoms with Crippen LogP contribution in [0.1, 0.15) is 22.6 Å². The van der Waals surface area contributed by atoms with E-state index >= 15 is 0 Å². The number of halogens is 2. The van der Waals surface area contributed by atoms with Crippen LogP contribution < -0.4 is 5.32 Å². The van der Waals surface area contributed by atoms with Gasteiger partial charge in [-0.05, 0) is 40.5 Å². The summed E-state index contributed by atoms with van der Waals surface area (Å²) in [6.45, 7) is 0.442. The van der Waals surface area contributed by atoms with Crippen molar-refractivity contribution in [2.75, 3.05) is 13.2 Å². The van der Waals surface area contributed by atoms with Gasteiger partial charge in [-0.15, -0.1) is 0 Å². The van der Waals surface area contributed by atoms with Crippen molar-refractivity contribution in [3.63, 3.8) is 0 Å². The molecule has 0 saturated heterocycles. The van der Waals surface area contributed by atoms with Crippen molar-refractivity contribution in [3.8, 4) is 23.0 Å². The van der Waals surface area contributed by atoms with Gasteiger partial charge in [0.2, 0.25) is 0 Å². The van der Waals surface area contributed by atoms with Crippen molar-refractivity contribution in [1.29, 1.82) is 0 Å². The molecule has 1 amide bonds. The topological polar surface area (TPSA) is 38.3 Å². The summed E-state index contributed by atoms with van der Waals surface area (Å²) in [7, 11) is 0. The maximum atomic E-state index is 12.1. The van der Waals surface area contributed by atoms with Crippen LogP contribution in [0.2, 0.25) is 10.0 Å². The van der Waals surface area contributed by atoms with Gasteiger partial charge in [0.15, 0.2) is 0 Å². The van der Waals surface area contributed by atoms with Crippen LogP contribution in [-0.4, -0.2) is 19.2 Å². The second-order valence-electron chi connectivity index (χ2n) is 6.64. The van der Waals surface area contributed by atoms with Crippen LogP contribution >= 0.6 is 23.2 Å². The summed E-state index contributed by atoms with van der Waals surface area (Å²) in [5.74, 6) is 5.82. The van der Waals surface area contributed by atoms with Crippen molar-refractivity contribution in [2.45, 2.75) is 5.92 Å². The average Bonchev–Trinajstić information content (AvgIpc) is 3.03. The molecule has 3 aromatic carbocycles. The molecule has 0 aromatic heterocycles. The van der Waals surface area contributed by atoms with Gasteiger partial charge in [-0.3, -0.25) is 0 Å². The molecule has 0 atom stereocenters. The minimum Gasteiger partial charge on any atom is -0.449 e. The smallest absolute Gasteiger partial charge is 0.407 e. The highest BCUT2D eigenvalue weighted by Gasteiger charge is 2.28. The number of hydrogen-bond acceptors (Lipinski definition) is 2. The highest BCUT2D eigenvalue weighted by Crippen LogP contribution is 2.44. The second-order valence-corrected chi connectivity index (χ2v) is 7.51. The van der Waals surface area contributed by atoms with Gasteiger partial charge in [0.1, 0.15) is 6.61 Å². The summed E-state index contributed by atoms with van der Waals surface area (Å²) in [5.41, 5.74) is 5.45. The average molecular weight is 422 g/mol. The molecule has 1 N–H and O–H groups in total. The molecule has 3 aromatic rings. The molecule has 1 aliphatic rings. The Balaban J connectivity index is 1.35. The van der Waals surface area contributed by atoms with Gasteiger partial charge in [0.05, 0.1) is 6.54 Å². The molecular formula is C24H17Cl2NO2. The van der Waals surface area contributed by atoms with Gasteiger partial charge >= 0.3 is 6.09 Å². The molecule has 0 saturated carbocycles. The molecular weight excluding hydrogens is 405 g/mol. The van der Waals surface area contributed by atoms with Gasteiger partial charge in [0.25, 0.3) is 0 Å². The quantitative estimate of drug-likeness (QED) is 0.535. The van der Waals surface area contributed by atoms with Crippen LogP contribution in [0.3, 0.4) is 0 Å². The number of carbonyl (C=O) groups is 1. The van der Waals surface area contributed by atoms with Crippen LogP contribution in [0, 0.1) is 11.8 Å². The molecule has 0 heterocycles. The molecule has 0 unspecified atom stereocenters. The summed E-state index contributed by atoms with van der Waals surface area (Å²) in [6.07, 6.45) is -0.495. The third-order valence-corrected chi connectivity index (χ3v) is 5.20. The Morgan fingerprint density at radius 1 is 0.931 bits per heavy atom. The zero-order valence-corrected chi connectivity index (χ0v) is 16.9. The van der Waals surface area contributed by atoms with Crippen LogP contribution in [0.5, 0.6) is 0 Å². The first-order valence-corrected chi connectivity index (χ1v) is 9.91. The van der Waals surface area contributed by atoms with Gasteiger partial charge < -0.3 is 10.1 Å². The molecule has 1 aliphatic carbocycles. The van der Waals surface area contributed by atoms with E-state index in [1.54, 1.807) is 18.2 Å². The standard InChI is InChI=1S/C24H17Cl2NO2/c25-17-12-16(13-18(26)14-17)6-5-11-27-24(28)29-15-23-21-9-3-1-7-19(21)20-8-2-4-10-22(20)23/h1-4,7-10,12-14,23H,11,15H2,(H,27,28). The van der Waals surface area contributed by atoms with Crippen molar-refractivity contribution >= 4 is 29.3 Å². The largest absolute Gasteiger partial charge is 0.449 e. The SMILES string of the molecule is O=C(NCC#Cc1cc(Cl)cc(Cl)c1)OCC1c2ccccc2-c2ccccc21. The van der Waals surface area contributed by atoms with E-state index in [0.717, 1.165) is 0 Å². The molecule has 5 heteroatoms. The monoisotopic (exact) mass is 421 g/mol. The lowest BCUT2D eigenvalue weighted by atomic mass is 9.98. The van der Waals surface area contributed by atoms with Gasteiger partial charge in [-0.25, -0.2) is 4.79 Å². The summed E-state index contributed by atoms with van der Waals surface area (Å²) in [5, 5.41) is 3.69. The first kappa shape index (κ1) is 19.4. The Morgan fingerprint density at radius 2 is 1.52 bits per heavy atom. The second kappa shape index (κ2) is 8.61. The first-order valence-electron chi connectivity index (χ1n) is 9.15. The predicted octanol–water partition coefficient (Wildman–Crippen LogP) is 5.88. The van der Waals surface area contributed by atoms with Crippen molar-refractivity contribution in [3.05, 3.63) is 93.5 Å². The fraction of sp³-hybridized carbons (Fsp3) is 0.125. The van der Waals surface area contributed by atoms with Gasteiger partial charge in [-0.1, -0.05) is 83.6 Å². The number of fused-ring (bicyclic) bond motifs is 3. The molecule has 0 fully saturated rings. The first-order chi connectivity index (χ1) is 14.1. The summed E-state index contributed by atoms with van der Waals surface area (Å²) in [6, 6.07) is 21.5. The molecule has 4 rings (SSSR count). The molecule has 0 spiro atoms. The fourth-order valence-electron chi connectivity index (χ4n) is 3.54. The number of benzene rings is 3. The number of carbonyl (C=O) groups excluding carboxylic acids is 1. The highest BCUT2D eigenvalue weighted by molar-refractivity contribution is 6.34. The van der Waals surface area contributed by atoms with Crippen LogP contribution in [-0.2, 0) is 4.74 Å². The molecule has 29 heavy (non-hydrogen) atoms. The lowest BCUT2D eigenvalue weighted by molar-refractivity contribution is 0.144. The Hall–Kier alpha value is -2.93. The van der Waals surface area contributed by atoms with Gasteiger partial charge in [0, 0.05) is 21.5 Å². The Labute approximate surface area is 179 Å². The number of ether oxygens (including phenoxy) is 1. The van der Waals surface area contributed by atoms with Crippen molar-refractivity contribution < 1.29 is 9.53 Å². The zero-order valence-electron chi connectivity index (χ0n) is 15.4. The third-order valence-electron chi connectivity index (χ3n) is 4.76. The number of rotatable bonds is 3. The van der Waals surface area contributed by atoms with E-state index in [2.05, 4.69) is 41.4 Å². The molecule has 0 radical (unpaired) electrons. The molecule has 3 nitrogen and oxygen atoms in total. The minimum absolute atomic E-state index is 0.0350. The lowest BCUT2D eigenvalue weighted by Gasteiger charge is -2.14. The van der Waals surface area contributed by atoms with Gasteiger partial charge in [-0.2, -0.15) is 0 Å². The number of nitrogens with one attached hydrogen (secondary N) is 1. The normalized spacial score (nSPS) is 11.8. The Kier molecular flexibility index (Phi) is 5.76. The van der Waals surface area contributed by atoms with Crippen LogP contribution in [0.4, 0.5) is 4.79 Å². The van der Waals surface area contributed by atoms with E-state index in [4.69, 9.17) is 27.9 Å². The van der Waals surface area contributed by atoms with E-state index in [-0.39, 0.29) is 19.1 Å². The van der Waals surface area contributed by atoms with Crippen molar-refractivity contribution in [1.82, 2.24) is 5.32 Å². The lowest BCUT2D eigenvalue weighted by Crippen LogP contribution is -2.26. The maximum absolute atomic E-state index is 12.1. The summed E-state index contributed by atoms with van der Waals surface area (Å²) >= 11 is 11.9. The molecule has 0 bridgehead atoms. The van der Waals surface area contributed by atoms with E-state index < -0.39 is 6.09 Å². The number of hydrogen-bond donors (Lipinski definition) is 1. The van der Waals surface area contributed by atoms with Crippen molar-refractivity contribution in [2.24, 2.45) is 0 Å². The molecule has 144 valence electrons.